The van der Waals surface area contributed by atoms with Gasteiger partial charge in [-0.05, 0) is 0 Å². The maximum absolute atomic E-state index is 10.2. The van der Waals surface area contributed by atoms with Crippen LogP contribution in [0.3, 0.4) is 0 Å². The summed E-state index contributed by atoms with van der Waals surface area (Å²) < 4.78 is 0. The first-order valence-corrected chi connectivity index (χ1v) is 5.28. The van der Waals surface area contributed by atoms with Gasteiger partial charge in [-0.2, -0.15) is 0 Å². The minimum Gasteiger partial charge on any atom is -0.385 e. The zero-order valence-corrected chi connectivity index (χ0v) is 6.14. The van der Waals surface area contributed by atoms with Crippen molar-refractivity contribution in [3.05, 3.63) is 0 Å². The maximum Gasteiger partial charge on any atom is 0.208 e. The highest BCUT2D eigenvalue weighted by atomic mass is 28.3. The number of rotatable bonds is 1. The van der Waals surface area contributed by atoms with Crippen molar-refractivity contribution in [3.63, 3.8) is 0 Å². The molecule has 0 aromatic carbocycles. The Morgan fingerprint density at radius 2 is 2.00 bits per heavy atom. The Hall–Kier alpha value is -0.313. The minimum atomic E-state index is -0.828. The van der Waals surface area contributed by atoms with Gasteiger partial charge in [-0.25, -0.2) is 0 Å². The van der Waals surface area contributed by atoms with E-state index in [1.165, 1.54) is 0 Å². The molecule has 3 heteroatoms. The summed E-state index contributed by atoms with van der Waals surface area (Å²) in [5, 5.41) is 0. The molecule has 0 spiro atoms. The molecule has 0 aliphatic rings. The van der Waals surface area contributed by atoms with E-state index in [-0.39, 0.29) is 5.91 Å². The van der Waals surface area contributed by atoms with E-state index in [0.717, 1.165) is 0 Å². The van der Waals surface area contributed by atoms with E-state index in [4.69, 9.17) is 0 Å². The van der Waals surface area contributed by atoms with E-state index >= 15 is 0 Å². The highest BCUT2D eigenvalue weighted by Crippen LogP contribution is 1.69. The number of nitrogens with one attached hydrogen (secondary N) is 1. The Bertz CT molecular complexity index is 72.1. The van der Waals surface area contributed by atoms with Crippen molar-refractivity contribution in [1.29, 1.82) is 0 Å². The molecule has 0 rings (SSSR count). The van der Waals surface area contributed by atoms with Crippen LogP contribution in [-0.2, 0) is 4.79 Å². The average Bonchev–Trinajstić information content (AvgIpc) is 1.27. The summed E-state index contributed by atoms with van der Waals surface area (Å²) in [6.07, 6.45) is 0. The first kappa shape index (κ1) is 6.69. The molecule has 0 unspecified atom stereocenters. The molecule has 0 aliphatic carbocycles. The van der Waals surface area contributed by atoms with E-state index in [2.05, 4.69) is 18.1 Å². The van der Waals surface area contributed by atoms with Gasteiger partial charge in [0.25, 0.3) is 0 Å². The second-order valence-corrected chi connectivity index (χ2v) is 4.45. The maximum atomic E-state index is 10.2. The summed E-state index contributed by atoms with van der Waals surface area (Å²) in [5.74, 6) is 0.0988. The summed E-state index contributed by atoms with van der Waals surface area (Å²) in [6, 6.07) is 0. The summed E-state index contributed by atoms with van der Waals surface area (Å²) in [4.78, 5) is 13.0. The van der Waals surface area contributed by atoms with Gasteiger partial charge in [0.15, 0.2) is 0 Å². The van der Waals surface area contributed by atoms with Gasteiger partial charge in [0.2, 0.25) is 5.91 Å². The van der Waals surface area contributed by atoms with Crippen molar-refractivity contribution >= 4 is 14.9 Å². The average molecular weight is 117 g/mol. The fourth-order valence-electron chi connectivity index (χ4n) is 0.407. The second kappa shape index (κ2) is 2.79. The number of amides is 1. The Morgan fingerprint density at radius 3 is 2.00 bits per heavy atom. The highest BCUT2D eigenvalue weighted by Gasteiger charge is 1.93. The largest absolute Gasteiger partial charge is 0.385 e. The quantitative estimate of drug-likeness (QED) is 0.485. The molecule has 7 heavy (non-hydrogen) atoms. The van der Waals surface area contributed by atoms with Crippen LogP contribution in [0.1, 0.15) is 6.92 Å². The summed E-state index contributed by atoms with van der Waals surface area (Å²) in [5.41, 5.74) is 0. The van der Waals surface area contributed by atoms with Crippen LogP contribution in [0.25, 0.3) is 0 Å². The van der Waals surface area contributed by atoms with Gasteiger partial charge in [0.05, 0.1) is 0 Å². The van der Waals surface area contributed by atoms with Crippen LogP contribution in [0.2, 0.25) is 13.1 Å². The lowest BCUT2D eigenvalue weighted by Gasteiger charge is -2.00. The third kappa shape index (κ3) is 5.69. The summed E-state index contributed by atoms with van der Waals surface area (Å²) in [6.45, 7) is 5.69. The van der Waals surface area contributed by atoms with E-state index in [1.54, 1.807) is 6.92 Å². The molecule has 0 fully saturated rings. The zero-order valence-electron chi connectivity index (χ0n) is 4.99. The van der Waals surface area contributed by atoms with Crippen LogP contribution in [0, 0.1) is 0 Å². The Labute approximate surface area is 45.6 Å². The Morgan fingerprint density at radius 1 is 1.57 bits per heavy atom. The van der Waals surface area contributed by atoms with Gasteiger partial charge < -0.3 is 4.98 Å². The predicted molar refractivity (Wildman–Crippen MR) is 32.7 cm³/mol. The zero-order chi connectivity index (χ0) is 5.86. The number of hydrogen-bond donors (Lipinski definition) is 1. The van der Waals surface area contributed by atoms with Crippen LogP contribution < -0.4 is 4.98 Å². The predicted octanol–water partition coefficient (Wildman–Crippen LogP) is 0.106. The van der Waals surface area contributed by atoms with Gasteiger partial charge in [0, 0.05) is 6.92 Å². The Kier molecular flexibility index (Phi) is 2.67. The van der Waals surface area contributed by atoms with Crippen molar-refractivity contribution in [3.8, 4) is 0 Å². The van der Waals surface area contributed by atoms with Crippen molar-refractivity contribution in [2.45, 2.75) is 20.0 Å². The van der Waals surface area contributed by atoms with Crippen molar-refractivity contribution in [1.82, 2.24) is 4.98 Å². The molecule has 0 heterocycles. The molecule has 0 aromatic heterocycles. The van der Waals surface area contributed by atoms with E-state index in [0.29, 0.717) is 0 Å². The molecule has 42 valence electrons. The molecule has 0 saturated heterocycles. The molecule has 0 radical (unpaired) electrons. The summed E-state index contributed by atoms with van der Waals surface area (Å²) >= 11 is 0. The van der Waals surface area contributed by atoms with Crippen LogP contribution >= 0.6 is 0 Å². The molecule has 2 nitrogen and oxygen atoms in total. The number of carbonyl (C=O) groups is 1. The first-order valence-electron chi connectivity index (χ1n) is 2.40. The molecule has 0 saturated carbocycles. The van der Waals surface area contributed by atoms with E-state index in [9.17, 15) is 4.79 Å². The number of carbonyl (C=O) groups excluding carboxylic acids is 1. The Balaban J connectivity index is 3.13. The fraction of sp³-hybridized carbons (Fsp3) is 0.750. The molecular weight excluding hydrogens is 106 g/mol. The van der Waals surface area contributed by atoms with Crippen LogP contribution in [0.15, 0.2) is 0 Å². The lowest BCUT2D eigenvalue weighted by Crippen LogP contribution is -2.31. The van der Waals surface area contributed by atoms with Crippen LogP contribution in [0.5, 0.6) is 0 Å². The van der Waals surface area contributed by atoms with Gasteiger partial charge in [-0.1, -0.05) is 13.1 Å². The highest BCUT2D eigenvalue weighted by molar-refractivity contribution is 6.55. The molecule has 0 aromatic rings. The normalized spacial score (nSPS) is 9.14. The fourth-order valence-corrected chi connectivity index (χ4v) is 1.22. The molecule has 1 amide bonds. The molecule has 1 N–H and O–H groups in total. The smallest absolute Gasteiger partial charge is 0.208 e. The first-order chi connectivity index (χ1) is 3.13. The molecular formula is C4H11NOSi. The number of hydrogen-bond acceptors (Lipinski definition) is 1. The van der Waals surface area contributed by atoms with E-state index < -0.39 is 8.96 Å². The van der Waals surface area contributed by atoms with Crippen molar-refractivity contribution in [2.75, 3.05) is 0 Å². The molecule has 0 aliphatic heterocycles. The van der Waals surface area contributed by atoms with Crippen LogP contribution in [-0.4, -0.2) is 14.9 Å². The van der Waals surface area contributed by atoms with Crippen LogP contribution in [0.4, 0.5) is 0 Å². The standard InChI is InChI=1S/C4H11NOSi/c1-4(6)5-7(2)3/h7H,1-3H3,(H,5,6). The van der Waals surface area contributed by atoms with Gasteiger partial charge in [-0.3, -0.25) is 4.79 Å². The summed E-state index contributed by atoms with van der Waals surface area (Å²) in [7, 11) is -0.828. The lowest BCUT2D eigenvalue weighted by atomic mass is 10.8. The van der Waals surface area contributed by atoms with Crippen molar-refractivity contribution in [2.24, 2.45) is 0 Å². The molecule has 0 atom stereocenters. The third-order valence-corrected chi connectivity index (χ3v) is 1.48. The van der Waals surface area contributed by atoms with E-state index in [1.807, 2.05) is 0 Å². The lowest BCUT2D eigenvalue weighted by molar-refractivity contribution is -0.117. The SMILES string of the molecule is CC(=O)N[SiH](C)C. The topological polar surface area (TPSA) is 29.1 Å². The monoisotopic (exact) mass is 117 g/mol. The molecule has 0 bridgehead atoms. The van der Waals surface area contributed by atoms with Crippen molar-refractivity contribution < 1.29 is 4.79 Å². The second-order valence-electron chi connectivity index (χ2n) is 1.86. The third-order valence-electron chi connectivity index (χ3n) is 0.492. The van der Waals surface area contributed by atoms with Gasteiger partial charge in [-0.15, -0.1) is 0 Å². The van der Waals surface area contributed by atoms with Gasteiger partial charge in [0.1, 0.15) is 8.96 Å². The van der Waals surface area contributed by atoms with Gasteiger partial charge >= 0.3 is 0 Å². The minimum absolute atomic E-state index is 0.0988.